The fourth-order valence-corrected chi connectivity index (χ4v) is 4.90. The van der Waals surface area contributed by atoms with Crippen molar-refractivity contribution in [1.82, 2.24) is 5.32 Å². The van der Waals surface area contributed by atoms with Crippen LogP contribution in [0.15, 0.2) is 64.9 Å². The maximum absolute atomic E-state index is 12.9. The van der Waals surface area contributed by atoms with Crippen molar-refractivity contribution in [2.75, 3.05) is 11.4 Å². The molecule has 3 rings (SSSR count). The molecule has 0 saturated carbocycles. The molecular formula is C21H19F3N2O3S2. The summed E-state index contributed by atoms with van der Waals surface area (Å²) in [6, 6.07) is 12.4. The molecule has 1 N–H and O–H groups in total. The van der Waals surface area contributed by atoms with Gasteiger partial charge in [-0.25, -0.2) is 8.42 Å². The van der Waals surface area contributed by atoms with Crippen molar-refractivity contribution < 1.29 is 26.4 Å². The molecule has 0 spiro atoms. The summed E-state index contributed by atoms with van der Waals surface area (Å²) in [6.45, 7) is 1.85. The number of anilines is 1. The first-order valence-corrected chi connectivity index (χ1v) is 11.4. The topological polar surface area (TPSA) is 66.5 Å². The van der Waals surface area contributed by atoms with Crippen LogP contribution in [0, 0.1) is 6.92 Å². The van der Waals surface area contributed by atoms with Crippen LogP contribution in [0.3, 0.4) is 0 Å². The molecule has 0 aliphatic rings. The second kappa shape index (κ2) is 8.72. The average molecular weight is 469 g/mol. The molecule has 0 radical (unpaired) electrons. The number of aryl methyl sites for hydroxylation is 1. The van der Waals surface area contributed by atoms with E-state index in [1.165, 1.54) is 37.4 Å². The lowest BCUT2D eigenvalue weighted by molar-refractivity contribution is -0.137. The molecular weight excluding hydrogens is 449 g/mol. The highest BCUT2D eigenvalue weighted by molar-refractivity contribution is 7.92. The highest BCUT2D eigenvalue weighted by atomic mass is 32.2. The summed E-state index contributed by atoms with van der Waals surface area (Å²) in [5, 5.41) is 4.22. The van der Waals surface area contributed by atoms with Crippen LogP contribution in [-0.4, -0.2) is 21.4 Å². The molecule has 164 valence electrons. The zero-order valence-electron chi connectivity index (χ0n) is 16.6. The van der Waals surface area contributed by atoms with E-state index >= 15 is 0 Å². The second-order valence-corrected chi connectivity index (χ2v) is 9.68. The standard InChI is InChI=1S/C21H19F3N2O3S2/c1-14-3-9-17(10-4-14)31(28,29)26(2)18-11-12-30-19(18)20(27)25-13-15-5-7-16(8-6-15)21(22,23)24/h3-12H,13H2,1-2H3,(H,25,27). The largest absolute Gasteiger partial charge is 0.416 e. The van der Waals surface area contributed by atoms with Crippen LogP contribution in [0.5, 0.6) is 0 Å². The van der Waals surface area contributed by atoms with E-state index in [0.717, 1.165) is 33.3 Å². The highest BCUT2D eigenvalue weighted by Gasteiger charge is 2.30. The van der Waals surface area contributed by atoms with E-state index in [2.05, 4.69) is 5.32 Å². The Bertz CT molecular complexity index is 1170. The summed E-state index contributed by atoms with van der Waals surface area (Å²) in [5.41, 5.74) is 0.849. The van der Waals surface area contributed by atoms with Gasteiger partial charge in [0.1, 0.15) is 4.88 Å². The number of hydrogen-bond donors (Lipinski definition) is 1. The molecule has 0 atom stereocenters. The van der Waals surface area contributed by atoms with Crippen LogP contribution < -0.4 is 9.62 Å². The Kier molecular flexibility index (Phi) is 6.42. The van der Waals surface area contributed by atoms with Gasteiger partial charge in [0.05, 0.1) is 16.1 Å². The minimum atomic E-state index is -4.43. The summed E-state index contributed by atoms with van der Waals surface area (Å²) >= 11 is 1.07. The van der Waals surface area contributed by atoms with E-state index in [0.29, 0.717) is 5.56 Å². The minimum absolute atomic E-state index is 0.00272. The third kappa shape index (κ3) is 5.08. The Morgan fingerprint density at radius 3 is 2.23 bits per heavy atom. The summed E-state index contributed by atoms with van der Waals surface area (Å²) in [5.74, 6) is -0.518. The molecule has 0 bridgehead atoms. The van der Waals surface area contributed by atoms with Gasteiger partial charge in [-0.15, -0.1) is 11.3 Å². The van der Waals surface area contributed by atoms with E-state index < -0.39 is 27.7 Å². The van der Waals surface area contributed by atoms with Gasteiger partial charge in [0.2, 0.25) is 0 Å². The number of nitrogens with one attached hydrogen (secondary N) is 1. The number of halogens is 3. The quantitative estimate of drug-likeness (QED) is 0.564. The number of rotatable bonds is 6. The highest BCUT2D eigenvalue weighted by Crippen LogP contribution is 2.31. The number of sulfonamides is 1. The van der Waals surface area contributed by atoms with Gasteiger partial charge in [-0.3, -0.25) is 9.10 Å². The number of carbonyl (C=O) groups is 1. The van der Waals surface area contributed by atoms with Crippen molar-refractivity contribution in [2.45, 2.75) is 24.5 Å². The number of nitrogens with zero attached hydrogens (tertiary/aromatic N) is 1. The first kappa shape index (κ1) is 22.8. The second-order valence-electron chi connectivity index (χ2n) is 6.80. The Morgan fingerprint density at radius 1 is 1.03 bits per heavy atom. The maximum atomic E-state index is 12.9. The van der Waals surface area contributed by atoms with Crippen LogP contribution in [0.2, 0.25) is 0 Å². The Balaban J connectivity index is 1.74. The number of alkyl halides is 3. The zero-order chi connectivity index (χ0) is 22.8. The van der Waals surface area contributed by atoms with Crippen molar-refractivity contribution in [1.29, 1.82) is 0 Å². The van der Waals surface area contributed by atoms with E-state index in [1.54, 1.807) is 17.5 Å². The van der Waals surface area contributed by atoms with Crippen LogP contribution in [-0.2, 0) is 22.7 Å². The number of benzene rings is 2. The van der Waals surface area contributed by atoms with E-state index in [1.807, 2.05) is 6.92 Å². The first-order valence-electron chi connectivity index (χ1n) is 9.07. The van der Waals surface area contributed by atoms with Gasteiger partial charge in [0, 0.05) is 13.6 Å². The molecule has 0 unspecified atom stereocenters. The molecule has 2 aromatic carbocycles. The third-order valence-electron chi connectivity index (χ3n) is 4.60. The van der Waals surface area contributed by atoms with Crippen LogP contribution in [0.4, 0.5) is 18.9 Å². The zero-order valence-corrected chi connectivity index (χ0v) is 18.2. The minimum Gasteiger partial charge on any atom is -0.347 e. The van der Waals surface area contributed by atoms with E-state index in [9.17, 15) is 26.4 Å². The van der Waals surface area contributed by atoms with Gasteiger partial charge in [0.15, 0.2) is 0 Å². The SMILES string of the molecule is Cc1ccc(S(=O)(=O)N(C)c2ccsc2C(=O)NCc2ccc(C(F)(F)F)cc2)cc1. The number of thiophene rings is 1. The first-order chi connectivity index (χ1) is 14.5. The molecule has 0 aliphatic carbocycles. The molecule has 3 aromatic rings. The maximum Gasteiger partial charge on any atom is 0.416 e. The summed E-state index contributed by atoms with van der Waals surface area (Å²) in [7, 11) is -2.50. The van der Waals surface area contributed by atoms with Crippen LogP contribution in [0.25, 0.3) is 0 Å². The smallest absolute Gasteiger partial charge is 0.347 e. The van der Waals surface area contributed by atoms with Crippen molar-refractivity contribution in [2.24, 2.45) is 0 Å². The van der Waals surface area contributed by atoms with Gasteiger partial charge < -0.3 is 5.32 Å². The van der Waals surface area contributed by atoms with Gasteiger partial charge >= 0.3 is 6.18 Å². The van der Waals surface area contributed by atoms with Gasteiger partial charge in [-0.1, -0.05) is 29.8 Å². The molecule has 0 fully saturated rings. The van der Waals surface area contributed by atoms with Crippen LogP contribution >= 0.6 is 11.3 Å². The lowest BCUT2D eigenvalue weighted by Crippen LogP contribution is -2.29. The van der Waals surface area contributed by atoms with Gasteiger partial charge in [0.25, 0.3) is 15.9 Å². The molecule has 1 heterocycles. The third-order valence-corrected chi connectivity index (χ3v) is 7.29. The van der Waals surface area contributed by atoms with Crippen molar-refractivity contribution in [3.63, 3.8) is 0 Å². The van der Waals surface area contributed by atoms with Gasteiger partial charge in [-0.05, 0) is 48.2 Å². The monoisotopic (exact) mass is 468 g/mol. The van der Waals surface area contributed by atoms with Crippen LogP contribution in [0.1, 0.15) is 26.4 Å². The van der Waals surface area contributed by atoms with Crippen molar-refractivity contribution in [3.05, 3.63) is 81.5 Å². The Hall–Kier alpha value is -2.85. The number of amides is 1. The normalized spacial score (nSPS) is 11.9. The molecule has 1 aromatic heterocycles. The Labute approximate surface area is 182 Å². The molecule has 1 amide bonds. The summed E-state index contributed by atoms with van der Waals surface area (Å²) in [4.78, 5) is 12.9. The lowest BCUT2D eigenvalue weighted by atomic mass is 10.1. The summed E-state index contributed by atoms with van der Waals surface area (Å²) in [6.07, 6.45) is -4.43. The predicted octanol–water partition coefficient (Wildman–Crippen LogP) is 4.83. The van der Waals surface area contributed by atoms with E-state index in [-0.39, 0.29) is 22.0 Å². The molecule has 31 heavy (non-hydrogen) atoms. The number of hydrogen-bond acceptors (Lipinski definition) is 4. The van der Waals surface area contributed by atoms with Crippen molar-refractivity contribution in [3.8, 4) is 0 Å². The predicted molar refractivity (Wildman–Crippen MR) is 114 cm³/mol. The Morgan fingerprint density at radius 2 is 1.65 bits per heavy atom. The fourth-order valence-electron chi connectivity index (χ4n) is 2.79. The molecule has 0 aliphatic heterocycles. The molecule has 10 heteroatoms. The van der Waals surface area contributed by atoms with Gasteiger partial charge in [-0.2, -0.15) is 13.2 Å². The van der Waals surface area contributed by atoms with Crippen molar-refractivity contribution >= 4 is 33.0 Å². The number of carbonyl (C=O) groups excluding carboxylic acids is 1. The average Bonchev–Trinajstić information content (AvgIpc) is 3.21. The molecule has 0 saturated heterocycles. The van der Waals surface area contributed by atoms with E-state index in [4.69, 9.17) is 0 Å². The lowest BCUT2D eigenvalue weighted by Gasteiger charge is -2.20. The summed E-state index contributed by atoms with van der Waals surface area (Å²) < 4.78 is 64.8. The molecule has 5 nitrogen and oxygen atoms in total. The fraction of sp³-hybridized carbons (Fsp3) is 0.190.